The second-order valence-electron chi connectivity index (χ2n) is 7.22. The summed E-state index contributed by atoms with van der Waals surface area (Å²) in [5.74, 6) is 0.525. The van der Waals surface area contributed by atoms with Crippen LogP contribution < -0.4 is 45.1 Å². The van der Waals surface area contributed by atoms with Gasteiger partial charge in [-0.3, -0.25) is 0 Å². The zero-order valence-corrected chi connectivity index (χ0v) is 20.1. The van der Waals surface area contributed by atoms with Gasteiger partial charge in [0.05, 0.1) is 0 Å². The van der Waals surface area contributed by atoms with Crippen molar-refractivity contribution in [1.82, 2.24) is 0 Å². The molecule has 0 aliphatic rings. The van der Waals surface area contributed by atoms with Crippen molar-refractivity contribution < 1.29 is 12.4 Å². The third kappa shape index (κ3) is 6.13. The standard InChI is InChI=1S/C26H26N6P.ClH/c27-25(29-21-13-5-1-6-14-21)31-33(23-17-9-3-10-18-23,24-19-11-4-12-20-24)32-26(28)30-22-15-7-2-8-16-22;/h1-20H,(H3,27,29,31)(H3,28,30,32);1H/q+1;/p-1. The maximum absolute atomic E-state index is 6.43. The lowest BCUT2D eigenvalue weighted by molar-refractivity contribution is -0.00000691. The molecular weight excluding hydrogens is 463 g/mol. The normalized spacial score (nSPS) is 11.9. The zero-order valence-electron chi connectivity index (χ0n) is 18.4. The quantitative estimate of drug-likeness (QED) is 0.187. The number of hydrogen-bond donors (Lipinski definition) is 4. The molecule has 0 saturated carbocycles. The molecule has 0 unspecified atom stereocenters. The Hall–Kier alpha value is -3.86. The van der Waals surface area contributed by atoms with Crippen LogP contribution in [0.5, 0.6) is 0 Å². The molecule has 8 heteroatoms. The molecule has 0 aliphatic heterocycles. The largest absolute Gasteiger partial charge is 1.00 e. The van der Waals surface area contributed by atoms with Crippen LogP contribution in [0.15, 0.2) is 131 Å². The van der Waals surface area contributed by atoms with E-state index < -0.39 is 7.56 Å². The van der Waals surface area contributed by atoms with Crippen molar-refractivity contribution in [3.8, 4) is 0 Å². The predicted octanol–water partition coefficient (Wildman–Crippen LogP) is 1.34. The highest BCUT2D eigenvalue weighted by molar-refractivity contribution is 7.87. The number of nitrogens with one attached hydrogen (secondary N) is 2. The first-order valence-corrected chi connectivity index (χ1v) is 12.2. The van der Waals surface area contributed by atoms with Crippen LogP contribution in [-0.2, 0) is 0 Å². The first kappa shape index (κ1) is 24.8. The average Bonchev–Trinajstić information content (AvgIpc) is 2.86. The first-order valence-electron chi connectivity index (χ1n) is 10.5. The van der Waals surface area contributed by atoms with Crippen molar-refractivity contribution in [2.75, 3.05) is 10.6 Å². The van der Waals surface area contributed by atoms with E-state index in [0.29, 0.717) is 0 Å². The molecule has 4 aromatic rings. The van der Waals surface area contributed by atoms with Gasteiger partial charge in [-0.15, -0.1) is 0 Å². The van der Waals surface area contributed by atoms with Crippen LogP contribution in [0.4, 0.5) is 11.4 Å². The number of benzene rings is 4. The third-order valence-electron chi connectivity index (χ3n) is 4.83. The summed E-state index contributed by atoms with van der Waals surface area (Å²) < 4.78 is 10.0. The van der Waals surface area contributed by atoms with Gasteiger partial charge in [0.15, 0.2) is 0 Å². The van der Waals surface area contributed by atoms with Gasteiger partial charge in [-0.05, 0) is 48.5 Å². The lowest BCUT2D eigenvalue weighted by atomic mass is 10.3. The van der Waals surface area contributed by atoms with Crippen LogP contribution in [0.1, 0.15) is 0 Å². The molecule has 0 bridgehead atoms. The smallest absolute Gasteiger partial charge is 0.322 e. The monoisotopic (exact) mass is 488 g/mol. The highest BCUT2D eigenvalue weighted by Gasteiger charge is 2.46. The number of nitrogens with two attached hydrogens (primary N) is 2. The maximum atomic E-state index is 6.43. The summed E-state index contributed by atoms with van der Waals surface area (Å²) in [6.07, 6.45) is 0. The van der Waals surface area contributed by atoms with Crippen LogP contribution >= 0.6 is 7.56 Å². The van der Waals surface area contributed by atoms with E-state index in [4.69, 9.17) is 21.0 Å². The van der Waals surface area contributed by atoms with Crippen molar-refractivity contribution >= 4 is 41.5 Å². The van der Waals surface area contributed by atoms with Crippen LogP contribution in [0.3, 0.4) is 0 Å². The van der Waals surface area contributed by atoms with Gasteiger partial charge in [0.2, 0.25) is 11.9 Å². The first-order chi connectivity index (χ1) is 16.2. The lowest BCUT2D eigenvalue weighted by Crippen LogP contribution is -3.00. The molecule has 6 N–H and O–H groups in total. The summed E-state index contributed by atoms with van der Waals surface area (Å²) in [6.45, 7) is 0. The van der Waals surface area contributed by atoms with Crippen molar-refractivity contribution in [2.24, 2.45) is 21.0 Å². The minimum atomic E-state index is -2.79. The molecule has 6 nitrogen and oxygen atoms in total. The maximum Gasteiger partial charge on any atom is 0.322 e. The van der Waals surface area contributed by atoms with E-state index in [1.807, 2.05) is 121 Å². The fraction of sp³-hybridized carbons (Fsp3) is 0. The summed E-state index contributed by atoms with van der Waals surface area (Å²) >= 11 is 0. The minimum absolute atomic E-state index is 0. The second-order valence-corrected chi connectivity index (χ2v) is 9.86. The van der Waals surface area contributed by atoms with Gasteiger partial charge in [-0.2, -0.15) is 0 Å². The number of anilines is 2. The molecule has 172 valence electrons. The molecule has 0 radical (unpaired) electrons. The van der Waals surface area contributed by atoms with Gasteiger partial charge in [0.1, 0.15) is 10.6 Å². The van der Waals surface area contributed by atoms with Crippen LogP contribution in [0.2, 0.25) is 0 Å². The van der Waals surface area contributed by atoms with Gasteiger partial charge in [-0.25, -0.2) is 0 Å². The van der Waals surface area contributed by atoms with Crippen LogP contribution in [0, 0.1) is 0 Å². The Morgan fingerprint density at radius 3 is 1.12 bits per heavy atom. The van der Waals surface area contributed by atoms with Crippen molar-refractivity contribution in [1.29, 1.82) is 0 Å². The van der Waals surface area contributed by atoms with Crippen molar-refractivity contribution in [3.05, 3.63) is 121 Å². The summed E-state index contributed by atoms with van der Waals surface area (Å²) in [6, 6.07) is 39.2. The SMILES string of the molecule is N/C(=N\[P+](/N=C(\N)Nc1ccccc1)(c1ccccc1)c1ccccc1)Nc1ccccc1.[Cl-]. The predicted molar refractivity (Wildman–Crippen MR) is 142 cm³/mol. The summed E-state index contributed by atoms with van der Waals surface area (Å²) in [5, 5.41) is 8.24. The molecule has 0 aromatic heterocycles. The Balaban J connectivity index is 0.00000324. The molecule has 0 fully saturated rings. The Kier molecular flexibility index (Phi) is 8.63. The topological polar surface area (TPSA) is 101 Å². The van der Waals surface area contributed by atoms with E-state index in [2.05, 4.69) is 10.6 Å². The van der Waals surface area contributed by atoms with Gasteiger partial charge in [0.25, 0.3) is 0 Å². The van der Waals surface area contributed by atoms with Crippen LogP contribution in [0.25, 0.3) is 0 Å². The fourth-order valence-electron chi connectivity index (χ4n) is 3.37. The molecule has 4 aromatic carbocycles. The Morgan fingerprint density at radius 2 is 0.794 bits per heavy atom. The van der Waals surface area contributed by atoms with E-state index in [0.717, 1.165) is 22.0 Å². The fourth-order valence-corrected chi connectivity index (χ4v) is 6.08. The highest BCUT2D eigenvalue weighted by Crippen LogP contribution is 2.59. The van der Waals surface area contributed by atoms with E-state index in [1.54, 1.807) is 0 Å². The number of rotatable bonds is 6. The van der Waals surface area contributed by atoms with Gasteiger partial charge >= 0.3 is 7.56 Å². The number of hydrogen-bond acceptors (Lipinski definition) is 2. The van der Waals surface area contributed by atoms with Gasteiger partial charge < -0.3 is 34.5 Å². The second kappa shape index (κ2) is 11.8. The number of nitrogens with zero attached hydrogens (tertiary/aromatic N) is 2. The Labute approximate surface area is 206 Å². The average molecular weight is 489 g/mol. The van der Waals surface area contributed by atoms with E-state index in [1.165, 1.54) is 0 Å². The summed E-state index contributed by atoms with van der Waals surface area (Å²) in [4.78, 5) is 0. The Bertz CT molecular complexity index is 1120. The summed E-state index contributed by atoms with van der Waals surface area (Å²) in [7, 11) is -2.79. The van der Waals surface area contributed by atoms with E-state index in [9.17, 15) is 0 Å². The Morgan fingerprint density at radius 1 is 0.500 bits per heavy atom. The highest BCUT2D eigenvalue weighted by atomic mass is 35.5. The number of para-hydroxylation sites is 2. The molecule has 0 atom stereocenters. The molecule has 34 heavy (non-hydrogen) atoms. The molecule has 0 heterocycles. The summed E-state index contributed by atoms with van der Waals surface area (Å²) in [5.41, 5.74) is 14.6. The molecule has 0 saturated heterocycles. The molecule has 0 aliphatic carbocycles. The van der Waals surface area contributed by atoms with Crippen molar-refractivity contribution in [2.45, 2.75) is 0 Å². The molecular formula is C26H26ClN6P. The van der Waals surface area contributed by atoms with Crippen molar-refractivity contribution in [3.63, 3.8) is 0 Å². The van der Waals surface area contributed by atoms with E-state index in [-0.39, 0.29) is 24.3 Å². The van der Waals surface area contributed by atoms with E-state index >= 15 is 0 Å². The molecule has 0 amide bonds. The van der Waals surface area contributed by atoms with Gasteiger partial charge in [-0.1, -0.05) is 82.3 Å². The molecule has 0 spiro atoms. The minimum Gasteiger partial charge on any atom is -1.00 e. The number of halogens is 1. The molecule has 4 rings (SSSR count). The number of guanidine groups is 2. The van der Waals surface area contributed by atoms with Crippen LogP contribution in [-0.4, -0.2) is 11.9 Å². The zero-order chi connectivity index (χ0) is 22.9. The lowest BCUT2D eigenvalue weighted by Gasteiger charge is -2.18. The van der Waals surface area contributed by atoms with Gasteiger partial charge in [0, 0.05) is 11.4 Å². The third-order valence-corrected chi connectivity index (χ3v) is 7.88.